The maximum absolute atomic E-state index is 10.9. The van der Waals surface area contributed by atoms with Gasteiger partial charge in [-0.25, -0.2) is 0 Å². The summed E-state index contributed by atoms with van der Waals surface area (Å²) in [6.07, 6.45) is 11.7. The fourth-order valence-corrected chi connectivity index (χ4v) is 2.14. The van der Waals surface area contributed by atoms with E-state index in [0.29, 0.717) is 5.92 Å². The number of carbonyl (C=O) groups is 1. The molecule has 1 fully saturated rings. The highest BCUT2D eigenvalue weighted by Gasteiger charge is 2.26. The first-order valence-corrected chi connectivity index (χ1v) is 5.34. The Labute approximate surface area is 86.0 Å². The first-order chi connectivity index (χ1) is 6.74. The lowest BCUT2D eigenvalue weighted by Crippen LogP contribution is -2.29. The summed E-state index contributed by atoms with van der Waals surface area (Å²) in [5, 5.41) is 0. The highest BCUT2D eigenvalue weighted by molar-refractivity contribution is 5.66. The molecule has 14 heavy (non-hydrogen) atoms. The molecule has 0 saturated heterocycles. The predicted molar refractivity (Wildman–Crippen MR) is 55.6 cm³/mol. The number of hydrogen-bond acceptors (Lipinski definition) is 2. The van der Waals surface area contributed by atoms with Crippen molar-refractivity contribution >= 4 is 5.97 Å². The summed E-state index contributed by atoms with van der Waals surface area (Å²) in [4.78, 5) is 10.9. The van der Waals surface area contributed by atoms with Gasteiger partial charge in [0.25, 0.3) is 0 Å². The van der Waals surface area contributed by atoms with Crippen LogP contribution in [0.1, 0.15) is 45.4 Å². The Hall–Kier alpha value is -0.970. The maximum atomic E-state index is 10.9. The molecule has 78 valence electrons. The SMILES string of the molecule is C#CCC[C@H]1CCCC[C@H]1OC(C)=O. The second kappa shape index (κ2) is 5.70. The van der Waals surface area contributed by atoms with E-state index in [9.17, 15) is 4.79 Å². The fraction of sp³-hybridized carbons (Fsp3) is 0.750. The Bertz CT molecular complexity index is 227. The molecule has 0 amide bonds. The van der Waals surface area contributed by atoms with Crippen molar-refractivity contribution in [3.05, 3.63) is 0 Å². The molecule has 1 saturated carbocycles. The van der Waals surface area contributed by atoms with Gasteiger partial charge in [-0.2, -0.15) is 0 Å². The van der Waals surface area contributed by atoms with Gasteiger partial charge in [0.05, 0.1) is 0 Å². The monoisotopic (exact) mass is 194 g/mol. The van der Waals surface area contributed by atoms with E-state index in [1.807, 2.05) is 0 Å². The van der Waals surface area contributed by atoms with Crippen LogP contribution < -0.4 is 0 Å². The first-order valence-electron chi connectivity index (χ1n) is 5.34. The quantitative estimate of drug-likeness (QED) is 0.509. The second-order valence-corrected chi connectivity index (χ2v) is 3.94. The third-order valence-electron chi connectivity index (χ3n) is 2.82. The van der Waals surface area contributed by atoms with E-state index in [0.717, 1.165) is 25.7 Å². The minimum Gasteiger partial charge on any atom is -0.462 e. The van der Waals surface area contributed by atoms with Crippen LogP contribution in [0, 0.1) is 18.3 Å². The Morgan fingerprint density at radius 1 is 1.50 bits per heavy atom. The molecule has 2 nitrogen and oxygen atoms in total. The molecule has 0 unspecified atom stereocenters. The molecule has 0 spiro atoms. The second-order valence-electron chi connectivity index (χ2n) is 3.94. The van der Waals surface area contributed by atoms with Crippen LogP contribution in [0.5, 0.6) is 0 Å². The van der Waals surface area contributed by atoms with Crippen molar-refractivity contribution in [1.29, 1.82) is 0 Å². The summed E-state index contributed by atoms with van der Waals surface area (Å²) in [5.74, 6) is 2.97. The smallest absolute Gasteiger partial charge is 0.302 e. The Morgan fingerprint density at radius 3 is 2.86 bits per heavy atom. The van der Waals surface area contributed by atoms with Gasteiger partial charge in [-0.1, -0.05) is 6.42 Å². The lowest BCUT2D eigenvalue weighted by molar-refractivity contribution is -0.150. The Kier molecular flexibility index (Phi) is 4.52. The van der Waals surface area contributed by atoms with Crippen LogP contribution >= 0.6 is 0 Å². The molecule has 0 bridgehead atoms. The number of carbonyl (C=O) groups excluding carboxylic acids is 1. The van der Waals surface area contributed by atoms with E-state index < -0.39 is 0 Å². The molecule has 0 aromatic heterocycles. The largest absolute Gasteiger partial charge is 0.462 e. The van der Waals surface area contributed by atoms with Crippen molar-refractivity contribution in [2.24, 2.45) is 5.92 Å². The summed E-state index contributed by atoms with van der Waals surface area (Å²) in [7, 11) is 0. The first kappa shape index (κ1) is 11.1. The van der Waals surface area contributed by atoms with Crippen LogP contribution in [0.15, 0.2) is 0 Å². The van der Waals surface area contributed by atoms with Gasteiger partial charge in [-0.05, 0) is 31.6 Å². The van der Waals surface area contributed by atoms with Crippen molar-refractivity contribution in [3.63, 3.8) is 0 Å². The predicted octanol–water partition coefficient (Wildman–Crippen LogP) is 2.52. The lowest BCUT2D eigenvalue weighted by atomic mass is 9.83. The average Bonchev–Trinajstić information content (AvgIpc) is 2.16. The molecule has 0 aromatic rings. The van der Waals surface area contributed by atoms with Gasteiger partial charge in [0, 0.05) is 13.3 Å². The van der Waals surface area contributed by atoms with Crippen LogP contribution in [-0.2, 0) is 9.53 Å². The number of esters is 1. The summed E-state index contributed by atoms with van der Waals surface area (Å²) < 4.78 is 5.29. The molecule has 0 aliphatic heterocycles. The van der Waals surface area contributed by atoms with Crippen molar-refractivity contribution in [2.45, 2.75) is 51.6 Å². The number of hydrogen-bond donors (Lipinski definition) is 0. The van der Waals surface area contributed by atoms with Gasteiger partial charge in [0.15, 0.2) is 0 Å². The molecule has 1 rings (SSSR count). The van der Waals surface area contributed by atoms with Crippen LogP contribution in [0.25, 0.3) is 0 Å². The number of rotatable bonds is 3. The van der Waals surface area contributed by atoms with E-state index in [4.69, 9.17) is 11.2 Å². The summed E-state index contributed by atoms with van der Waals surface area (Å²) in [6, 6.07) is 0. The van der Waals surface area contributed by atoms with E-state index in [1.54, 1.807) is 0 Å². The van der Waals surface area contributed by atoms with Crippen LogP contribution in [0.2, 0.25) is 0 Å². The van der Waals surface area contributed by atoms with Crippen LogP contribution in [0.4, 0.5) is 0 Å². The zero-order valence-electron chi connectivity index (χ0n) is 8.79. The van der Waals surface area contributed by atoms with E-state index in [-0.39, 0.29) is 12.1 Å². The van der Waals surface area contributed by atoms with Crippen LogP contribution in [-0.4, -0.2) is 12.1 Å². The summed E-state index contributed by atoms with van der Waals surface area (Å²) in [5.41, 5.74) is 0. The van der Waals surface area contributed by atoms with Crippen LogP contribution in [0.3, 0.4) is 0 Å². The van der Waals surface area contributed by atoms with E-state index >= 15 is 0 Å². The molecular formula is C12H18O2. The van der Waals surface area contributed by atoms with Gasteiger partial charge in [0.1, 0.15) is 6.10 Å². The summed E-state index contributed by atoms with van der Waals surface area (Å²) >= 11 is 0. The molecule has 2 heteroatoms. The number of ether oxygens (including phenoxy) is 1. The molecule has 1 aliphatic rings. The maximum Gasteiger partial charge on any atom is 0.302 e. The van der Waals surface area contributed by atoms with Gasteiger partial charge in [-0.15, -0.1) is 12.3 Å². The van der Waals surface area contributed by atoms with Gasteiger partial charge in [0.2, 0.25) is 0 Å². The normalized spacial score (nSPS) is 26.6. The lowest BCUT2D eigenvalue weighted by Gasteiger charge is -2.30. The Balaban J connectivity index is 2.42. The molecule has 0 aromatic carbocycles. The van der Waals surface area contributed by atoms with E-state index in [2.05, 4.69) is 5.92 Å². The van der Waals surface area contributed by atoms with Gasteiger partial charge in [-0.3, -0.25) is 4.79 Å². The van der Waals surface area contributed by atoms with E-state index in [1.165, 1.54) is 19.8 Å². The van der Waals surface area contributed by atoms with Crippen molar-refractivity contribution in [3.8, 4) is 12.3 Å². The minimum absolute atomic E-state index is 0.120. The van der Waals surface area contributed by atoms with Gasteiger partial charge < -0.3 is 4.74 Å². The fourth-order valence-electron chi connectivity index (χ4n) is 2.14. The van der Waals surface area contributed by atoms with Gasteiger partial charge >= 0.3 is 5.97 Å². The third-order valence-corrected chi connectivity index (χ3v) is 2.82. The zero-order valence-corrected chi connectivity index (χ0v) is 8.79. The van der Waals surface area contributed by atoms with Crippen molar-refractivity contribution < 1.29 is 9.53 Å². The topological polar surface area (TPSA) is 26.3 Å². The van der Waals surface area contributed by atoms with Crippen molar-refractivity contribution in [2.75, 3.05) is 0 Å². The minimum atomic E-state index is -0.164. The Morgan fingerprint density at radius 2 is 2.21 bits per heavy atom. The molecule has 0 N–H and O–H groups in total. The standard InChI is InChI=1S/C12H18O2/c1-3-4-7-11-8-5-6-9-12(11)14-10(2)13/h1,11-12H,4-9H2,2H3/t11-,12+/m0/s1. The number of terminal acetylenes is 1. The average molecular weight is 194 g/mol. The molecule has 1 aliphatic carbocycles. The molecule has 2 atom stereocenters. The van der Waals surface area contributed by atoms with Crippen molar-refractivity contribution in [1.82, 2.24) is 0 Å². The summed E-state index contributed by atoms with van der Waals surface area (Å²) in [6.45, 7) is 1.48. The molecular weight excluding hydrogens is 176 g/mol. The third kappa shape index (κ3) is 3.41. The zero-order chi connectivity index (χ0) is 10.4. The molecule has 0 radical (unpaired) electrons. The highest BCUT2D eigenvalue weighted by atomic mass is 16.5. The molecule has 0 heterocycles. The highest BCUT2D eigenvalue weighted by Crippen LogP contribution is 2.30.